The third kappa shape index (κ3) is 5.17. The molecule has 0 bridgehead atoms. The number of rotatable bonds is 7. The number of hydrogen-bond donors (Lipinski definition) is 2. The van der Waals surface area contributed by atoms with Crippen molar-refractivity contribution in [2.24, 2.45) is 0 Å². The summed E-state index contributed by atoms with van der Waals surface area (Å²) in [6, 6.07) is 17.7. The summed E-state index contributed by atoms with van der Waals surface area (Å²) in [6.45, 7) is 2.21. The molecule has 0 saturated heterocycles. The van der Waals surface area contributed by atoms with Crippen LogP contribution in [0.5, 0.6) is 5.75 Å². The summed E-state index contributed by atoms with van der Waals surface area (Å²) in [6.07, 6.45) is 1.50. The molecule has 0 unspecified atom stereocenters. The minimum Gasteiger partial charge on any atom is -0.487 e. The highest BCUT2D eigenvalue weighted by molar-refractivity contribution is 6.05. The topological polar surface area (TPSA) is 88.5 Å². The van der Waals surface area contributed by atoms with Crippen molar-refractivity contribution in [3.8, 4) is 5.75 Å². The van der Waals surface area contributed by atoms with Crippen LogP contribution in [0.4, 0.5) is 5.69 Å². The largest absolute Gasteiger partial charge is 0.487 e. The van der Waals surface area contributed by atoms with Crippen molar-refractivity contribution in [1.82, 2.24) is 4.98 Å². The summed E-state index contributed by atoms with van der Waals surface area (Å²) in [7, 11) is 0. The number of pyridine rings is 1. The van der Waals surface area contributed by atoms with E-state index < -0.39 is 5.97 Å². The normalized spacial score (nSPS) is 10.3. The van der Waals surface area contributed by atoms with E-state index in [1.807, 2.05) is 25.1 Å². The Morgan fingerprint density at radius 3 is 2.64 bits per heavy atom. The second kappa shape index (κ2) is 8.81. The summed E-state index contributed by atoms with van der Waals surface area (Å²) in [5.41, 5.74) is 3.26. The van der Waals surface area contributed by atoms with E-state index in [2.05, 4.69) is 10.3 Å². The number of aryl methyl sites for hydroxylation is 1. The molecule has 142 valence electrons. The number of carboxylic acids is 1. The first-order valence-corrected chi connectivity index (χ1v) is 8.77. The average molecular weight is 376 g/mol. The number of carbonyl (C=O) groups is 2. The standard InChI is InChI=1S/C22H20N2O4/c1-15-9-10-19(13-23-15)28-14-16-5-4-7-18(11-16)22(27)24-20-8-3-2-6-17(20)12-21(25)26/h2-11,13H,12,14H2,1H3,(H,24,27)(H,25,26). The summed E-state index contributed by atoms with van der Waals surface area (Å²) in [4.78, 5) is 27.8. The molecule has 6 heteroatoms. The van der Waals surface area contributed by atoms with Crippen LogP contribution in [-0.4, -0.2) is 22.0 Å². The van der Waals surface area contributed by atoms with Crippen molar-refractivity contribution in [3.05, 3.63) is 89.2 Å². The maximum Gasteiger partial charge on any atom is 0.307 e. The highest BCUT2D eigenvalue weighted by Gasteiger charge is 2.11. The van der Waals surface area contributed by atoms with Gasteiger partial charge < -0.3 is 15.2 Å². The molecule has 28 heavy (non-hydrogen) atoms. The lowest BCUT2D eigenvalue weighted by Crippen LogP contribution is -2.14. The van der Waals surface area contributed by atoms with E-state index in [0.29, 0.717) is 29.2 Å². The SMILES string of the molecule is Cc1ccc(OCc2cccc(C(=O)Nc3ccccc3CC(=O)O)c2)cn1. The monoisotopic (exact) mass is 376 g/mol. The Bertz CT molecular complexity index is 984. The Labute approximate surface area is 162 Å². The van der Waals surface area contributed by atoms with Gasteiger partial charge in [0.15, 0.2) is 0 Å². The Morgan fingerprint density at radius 2 is 1.89 bits per heavy atom. The van der Waals surface area contributed by atoms with Gasteiger partial charge in [-0.25, -0.2) is 0 Å². The van der Waals surface area contributed by atoms with Crippen LogP contribution in [0.1, 0.15) is 27.2 Å². The van der Waals surface area contributed by atoms with Gasteiger partial charge in [0.05, 0.1) is 12.6 Å². The van der Waals surface area contributed by atoms with Crippen LogP contribution >= 0.6 is 0 Å². The molecule has 2 aromatic carbocycles. The Kier molecular flexibility index (Phi) is 6.01. The molecule has 0 spiro atoms. The fraction of sp³-hybridized carbons (Fsp3) is 0.136. The van der Waals surface area contributed by atoms with Crippen LogP contribution < -0.4 is 10.1 Å². The van der Waals surface area contributed by atoms with E-state index >= 15 is 0 Å². The molecular formula is C22H20N2O4. The Morgan fingerprint density at radius 1 is 1.07 bits per heavy atom. The van der Waals surface area contributed by atoms with Crippen molar-refractivity contribution in [1.29, 1.82) is 0 Å². The van der Waals surface area contributed by atoms with E-state index in [9.17, 15) is 9.59 Å². The lowest BCUT2D eigenvalue weighted by atomic mass is 10.1. The lowest BCUT2D eigenvalue weighted by molar-refractivity contribution is -0.136. The van der Waals surface area contributed by atoms with Crippen molar-refractivity contribution in [3.63, 3.8) is 0 Å². The van der Waals surface area contributed by atoms with Crippen LogP contribution in [0, 0.1) is 6.92 Å². The van der Waals surface area contributed by atoms with Gasteiger partial charge in [0.25, 0.3) is 5.91 Å². The van der Waals surface area contributed by atoms with E-state index in [0.717, 1.165) is 11.3 Å². The van der Waals surface area contributed by atoms with Crippen LogP contribution in [0.3, 0.4) is 0 Å². The predicted octanol–water partition coefficient (Wildman–Crippen LogP) is 3.85. The molecule has 1 heterocycles. The number of hydrogen-bond acceptors (Lipinski definition) is 4. The van der Waals surface area contributed by atoms with Gasteiger partial charge in [-0.2, -0.15) is 0 Å². The number of carbonyl (C=O) groups excluding carboxylic acids is 1. The van der Waals surface area contributed by atoms with Crippen LogP contribution in [0.15, 0.2) is 66.9 Å². The summed E-state index contributed by atoms with van der Waals surface area (Å²) >= 11 is 0. The first kappa shape index (κ1) is 19.1. The van der Waals surface area contributed by atoms with Gasteiger partial charge in [0.1, 0.15) is 12.4 Å². The lowest BCUT2D eigenvalue weighted by Gasteiger charge is -2.11. The number of nitrogens with zero attached hydrogens (tertiary/aromatic N) is 1. The van der Waals surface area contributed by atoms with Crippen LogP contribution in [0.2, 0.25) is 0 Å². The fourth-order valence-electron chi connectivity index (χ4n) is 2.66. The van der Waals surface area contributed by atoms with Crippen molar-refractivity contribution < 1.29 is 19.4 Å². The van der Waals surface area contributed by atoms with Crippen molar-refractivity contribution >= 4 is 17.6 Å². The third-order valence-corrected chi connectivity index (χ3v) is 4.09. The maximum absolute atomic E-state index is 12.6. The zero-order valence-corrected chi connectivity index (χ0v) is 15.4. The average Bonchev–Trinajstić information content (AvgIpc) is 2.69. The highest BCUT2D eigenvalue weighted by atomic mass is 16.5. The molecule has 0 fully saturated rings. The third-order valence-electron chi connectivity index (χ3n) is 4.09. The minimum absolute atomic E-state index is 0.158. The Hall–Kier alpha value is -3.67. The van der Waals surface area contributed by atoms with E-state index in [4.69, 9.17) is 9.84 Å². The van der Waals surface area contributed by atoms with E-state index in [-0.39, 0.29) is 12.3 Å². The highest BCUT2D eigenvalue weighted by Crippen LogP contribution is 2.18. The predicted molar refractivity (Wildman–Crippen MR) is 105 cm³/mol. The molecule has 0 radical (unpaired) electrons. The molecule has 1 aromatic heterocycles. The Balaban J connectivity index is 1.69. The minimum atomic E-state index is -0.952. The number of amides is 1. The molecule has 6 nitrogen and oxygen atoms in total. The second-order valence-electron chi connectivity index (χ2n) is 6.31. The first-order chi connectivity index (χ1) is 13.5. The van der Waals surface area contributed by atoms with E-state index in [1.165, 1.54) is 0 Å². The summed E-state index contributed by atoms with van der Waals surface area (Å²) in [5, 5.41) is 11.8. The molecule has 3 rings (SSSR count). The van der Waals surface area contributed by atoms with Gasteiger partial charge in [0.2, 0.25) is 0 Å². The van der Waals surface area contributed by atoms with Crippen molar-refractivity contribution in [2.75, 3.05) is 5.32 Å². The van der Waals surface area contributed by atoms with Gasteiger partial charge in [-0.3, -0.25) is 14.6 Å². The van der Waals surface area contributed by atoms with Crippen LogP contribution in [-0.2, 0) is 17.8 Å². The molecule has 1 amide bonds. The number of ether oxygens (including phenoxy) is 1. The zero-order chi connectivity index (χ0) is 19.9. The molecule has 0 aliphatic carbocycles. The number of benzene rings is 2. The quantitative estimate of drug-likeness (QED) is 0.654. The molecule has 0 aliphatic rings. The molecule has 3 aromatic rings. The fourth-order valence-corrected chi connectivity index (χ4v) is 2.66. The van der Waals surface area contributed by atoms with Gasteiger partial charge in [-0.05, 0) is 48.4 Å². The van der Waals surface area contributed by atoms with Gasteiger partial charge in [-0.15, -0.1) is 0 Å². The van der Waals surface area contributed by atoms with Gasteiger partial charge in [-0.1, -0.05) is 30.3 Å². The maximum atomic E-state index is 12.6. The van der Waals surface area contributed by atoms with Crippen LogP contribution in [0.25, 0.3) is 0 Å². The number of nitrogens with one attached hydrogen (secondary N) is 1. The number of aliphatic carboxylic acids is 1. The molecule has 2 N–H and O–H groups in total. The number of anilines is 1. The summed E-state index contributed by atoms with van der Waals surface area (Å²) in [5.74, 6) is -0.605. The number of aromatic nitrogens is 1. The van der Waals surface area contributed by atoms with Gasteiger partial charge in [0, 0.05) is 16.9 Å². The van der Waals surface area contributed by atoms with Gasteiger partial charge >= 0.3 is 5.97 Å². The molecule has 0 aliphatic heterocycles. The second-order valence-corrected chi connectivity index (χ2v) is 6.31. The number of para-hydroxylation sites is 1. The van der Waals surface area contributed by atoms with Crippen molar-refractivity contribution in [2.45, 2.75) is 20.0 Å². The summed E-state index contributed by atoms with van der Waals surface area (Å²) < 4.78 is 5.70. The number of carboxylic acid groups (broad SMARTS) is 1. The molecular weight excluding hydrogens is 356 g/mol. The molecule has 0 atom stereocenters. The first-order valence-electron chi connectivity index (χ1n) is 8.77. The zero-order valence-electron chi connectivity index (χ0n) is 15.4. The molecule has 0 saturated carbocycles. The smallest absolute Gasteiger partial charge is 0.307 e. The van der Waals surface area contributed by atoms with E-state index in [1.54, 1.807) is 48.7 Å².